The molecule has 1 aromatic rings. The zero-order valence-electron chi connectivity index (χ0n) is 24.0. The van der Waals surface area contributed by atoms with E-state index in [0.717, 1.165) is 31.2 Å². The highest BCUT2D eigenvalue weighted by Crippen LogP contribution is 2.28. The van der Waals surface area contributed by atoms with Gasteiger partial charge in [0, 0.05) is 30.6 Å². The second-order valence-electron chi connectivity index (χ2n) is 10.7. The van der Waals surface area contributed by atoms with Gasteiger partial charge < -0.3 is 34.5 Å². The Labute approximate surface area is 247 Å². The number of carbonyl (C=O) groups excluding carboxylic acids is 4. The van der Waals surface area contributed by atoms with Crippen molar-refractivity contribution in [2.24, 2.45) is 11.8 Å². The topological polar surface area (TPSA) is 123 Å². The number of alkyl carbamates (subject to hydrolysis) is 1. The number of benzene rings is 1. The van der Waals surface area contributed by atoms with E-state index in [1.807, 2.05) is 6.92 Å². The van der Waals surface area contributed by atoms with E-state index >= 15 is 0 Å². The van der Waals surface area contributed by atoms with Gasteiger partial charge in [-0.15, -0.1) is 0 Å². The first-order valence-corrected chi connectivity index (χ1v) is 15.1. The predicted octanol–water partition coefficient (Wildman–Crippen LogP) is 3.88. The molecule has 228 valence electrons. The lowest BCUT2D eigenvalue weighted by atomic mass is 9.84. The Morgan fingerprint density at radius 3 is 2.59 bits per heavy atom. The molecular weight excluding hydrogens is 550 g/mol. The summed E-state index contributed by atoms with van der Waals surface area (Å²) in [5, 5.41) is 6.02. The Kier molecular flexibility index (Phi) is 14.4. The molecule has 2 fully saturated rings. The average Bonchev–Trinajstić information content (AvgIpc) is 3.32. The molecule has 11 heteroatoms. The van der Waals surface area contributed by atoms with E-state index < -0.39 is 24.1 Å². The predicted molar refractivity (Wildman–Crippen MR) is 154 cm³/mol. The summed E-state index contributed by atoms with van der Waals surface area (Å²) >= 11 is 6.01. The molecular formula is C30H44ClN3O7. The van der Waals surface area contributed by atoms with Crippen LogP contribution >= 0.6 is 11.6 Å². The molecule has 1 aromatic carbocycles. The summed E-state index contributed by atoms with van der Waals surface area (Å²) in [5.41, 5.74) is 0.731. The van der Waals surface area contributed by atoms with Crippen LogP contribution in [0.15, 0.2) is 24.3 Å². The van der Waals surface area contributed by atoms with Gasteiger partial charge in [0.1, 0.15) is 18.9 Å². The molecule has 41 heavy (non-hydrogen) atoms. The van der Waals surface area contributed by atoms with Crippen LogP contribution < -0.4 is 10.6 Å². The van der Waals surface area contributed by atoms with E-state index in [2.05, 4.69) is 10.6 Å². The van der Waals surface area contributed by atoms with Crippen molar-refractivity contribution in [3.05, 3.63) is 34.9 Å². The Bertz CT molecular complexity index is 989. The molecule has 1 saturated carbocycles. The average molecular weight is 594 g/mol. The molecule has 1 aliphatic heterocycles. The molecule has 10 nitrogen and oxygen atoms in total. The molecule has 2 aliphatic rings. The largest absolute Gasteiger partial charge is 0.445 e. The molecule has 2 N–H and O–H groups in total. The van der Waals surface area contributed by atoms with Crippen molar-refractivity contribution >= 4 is 35.8 Å². The van der Waals surface area contributed by atoms with Crippen molar-refractivity contribution in [2.75, 3.05) is 39.5 Å². The zero-order valence-corrected chi connectivity index (χ0v) is 24.7. The maximum atomic E-state index is 13.3. The van der Waals surface area contributed by atoms with Crippen molar-refractivity contribution < 1.29 is 33.4 Å². The van der Waals surface area contributed by atoms with E-state index in [1.165, 1.54) is 6.42 Å². The maximum absolute atomic E-state index is 13.3. The number of nitrogens with zero attached hydrogens (tertiary/aromatic N) is 1. The van der Waals surface area contributed by atoms with Crippen LogP contribution in [-0.4, -0.2) is 80.7 Å². The van der Waals surface area contributed by atoms with Gasteiger partial charge in [-0.3, -0.25) is 9.59 Å². The Balaban J connectivity index is 1.51. The van der Waals surface area contributed by atoms with Crippen molar-refractivity contribution in [1.82, 2.24) is 15.5 Å². The van der Waals surface area contributed by atoms with Crippen LogP contribution in [0.3, 0.4) is 0 Å². The summed E-state index contributed by atoms with van der Waals surface area (Å²) < 4.78 is 16.1. The van der Waals surface area contributed by atoms with E-state index in [0.29, 0.717) is 69.6 Å². The van der Waals surface area contributed by atoms with Crippen molar-refractivity contribution in [3.63, 3.8) is 0 Å². The van der Waals surface area contributed by atoms with E-state index in [1.54, 1.807) is 29.2 Å². The molecule has 3 amide bonds. The number of hydrogen-bond acceptors (Lipinski definition) is 7. The van der Waals surface area contributed by atoms with Gasteiger partial charge in [-0.1, -0.05) is 55.8 Å². The van der Waals surface area contributed by atoms with E-state index in [-0.39, 0.29) is 24.9 Å². The number of carbonyl (C=O) groups is 4. The molecule has 1 saturated heterocycles. The Hall–Kier alpha value is -2.69. The second-order valence-corrected chi connectivity index (χ2v) is 11.2. The van der Waals surface area contributed by atoms with E-state index in [9.17, 15) is 19.2 Å². The summed E-state index contributed by atoms with van der Waals surface area (Å²) in [4.78, 5) is 52.5. The highest BCUT2D eigenvalue weighted by molar-refractivity contribution is 6.30. The quantitative estimate of drug-likeness (QED) is 0.207. The number of ether oxygens (including phenoxy) is 3. The summed E-state index contributed by atoms with van der Waals surface area (Å²) in [6.07, 6.45) is 6.56. The first-order valence-electron chi connectivity index (χ1n) is 14.8. The van der Waals surface area contributed by atoms with Crippen molar-refractivity contribution in [3.8, 4) is 0 Å². The number of hydrogen-bond donors (Lipinski definition) is 2. The van der Waals surface area contributed by atoms with Gasteiger partial charge in [-0.25, -0.2) is 4.79 Å². The van der Waals surface area contributed by atoms with Crippen LogP contribution in [0.25, 0.3) is 0 Å². The minimum atomic E-state index is -0.850. The number of likely N-dealkylation sites (tertiary alicyclic amines) is 1. The van der Waals surface area contributed by atoms with Crippen LogP contribution in [0.5, 0.6) is 0 Å². The standard InChI is InChI=1S/C30H44ClN3O7/c1-2-39-15-16-40-14-13-34-12-11-24(29(34)37)19-26(20-35)32-28(36)27(18-22-7-4-3-5-8-22)33-30(38)41-21-23-9-6-10-25(31)17-23/h6,9-10,17,20,22,24,26-27H,2-5,7-8,11-16,18-19,21H2,1H3,(H,32,36)(H,33,38)/t24?,26-,27-/m0/s1. The normalized spacial score (nSPS) is 19.0. The number of amides is 3. The lowest BCUT2D eigenvalue weighted by molar-refractivity contribution is -0.133. The van der Waals surface area contributed by atoms with E-state index in [4.69, 9.17) is 25.8 Å². The van der Waals surface area contributed by atoms with Gasteiger partial charge in [-0.2, -0.15) is 0 Å². The lowest BCUT2D eigenvalue weighted by Crippen LogP contribution is -2.51. The van der Waals surface area contributed by atoms with Gasteiger partial charge >= 0.3 is 6.09 Å². The van der Waals surface area contributed by atoms with Crippen LogP contribution in [0, 0.1) is 11.8 Å². The highest BCUT2D eigenvalue weighted by atomic mass is 35.5. The van der Waals surface area contributed by atoms with Crippen LogP contribution in [0.4, 0.5) is 4.79 Å². The molecule has 3 rings (SSSR count). The molecule has 0 aromatic heterocycles. The molecule has 3 atom stereocenters. The third-order valence-electron chi connectivity index (χ3n) is 7.68. The monoisotopic (exact) mass is 593 g/mol. The smallest absolute Gasteiger partial charge is 0.408 e. The second kappa shape index (κ2) is 18.0. The summed E-state index contributed by atoms with van der Waals surface area (Å²) in [5.74, 6) is -0.553. The number of halogens is 1. The molecule has 0 bridgehead atoms. The fraction of sp³-hybridized carbons (Fsp3) is 0.667. The van der Waals surface area contributed by atoms with Gasteiger partial charge in [0.2, 0.25) is 11.8 Å². The van der Waals surface area contributed by atoms with Crippen molar-refractivity contribution in [2.45, 2.75) is 77.0 Å². The molecule has 1 heterocycles. The maximum Gasteiger partial charge on any atom is 0.408 e. The Morgan fingerprint density at radius 2 is 1.85 bits per heavy atom. The number of aldehydes is 1. The third kappa shape index (κ3) is 11.6. The third-order valence-corrected chi connectivity index (χ3v) is 7.92. The molecule has 0 spiro atoms. The molecule has 0 radical (unpaired) electrons. The van der Waals surface area contributed by atoms with Gasteiger partial charge in [-0.05, 0) is 49.8 Å². The number of nitrogens with one attached hydrogen (secondary N) is 2. The van der Waals surface area contributed by atoms with Crippen LogP contribution in [0.2, 0.25) is 5.02 Å². The van der Waals surface area contributed by atoms with Gasteiger partial charge in [0.25, 0.3) is 0 Å². The Morgan fingerprint density at radius 1 is 1.07 bits per heavy atom. The summed E-state index contributed by atoms with van der Waals surface area (Å²) in [6, 6.07) is 5.31. The first-order chi connectivity index (χ1) is 19.9. The minimum absolute atomic E-state index is 0.0129. The highest BCUT2D eigenvalue weighted by Gasteiger charge is 2.34. The first kappa shape index (κ1) is 32.8. The summed E-state index contributed by atoms with van der Waals surface area (Å²) in [7, 11) is 0. The minimum Gasteiger partial charge on any atom is -0.445 e. The van der Waals surface area contributed by atoms with Crippen LogP contribution in [0.1, 0.15) is 63.9 Å². The van der Waals surface area contributed by atoms with Gasteiger partial charge in [0.05, 0.1) is 25.9 Å². The molecule has 1 unspecified atom stereocenters. The lowest BCUT2D eigenvalue weighted by Gasteiger charge is -2.27. The number of rotatable bonds is 17. The SMILES string of the molecule is CCOCCOCCN1CCC(C[C@@H](C=O)NC(=O)[C@H](CC2CCCCC2)NC(=O)OCc2cccc(Cl)c2)C1=O. The summed E-state index contributed by atoms with van der Waals surface area (Å²) in [6.45, 7) is 5.04. The van der Waals surface area contributed by atoms with Gasteiger partial charge in [0.15, 0.2) is 0 Å². The fourth-order valence-electron chi connectivity index (χ4n) is 5.47. The van der Waals surface area contributed by atoms with Crippen LogP contribution in [-0.2, 0) is 35.2 Å². The fourth-order valence-corrected chi connectivity index (χ4v) is 5.68. The molecule has 1 aliphatic carbocycles. The van der Waals surface area contributed by atoms with Crippen molar-refractivity contribution in [1.29, 1.82) is 0 Å². The zero-order chi connectivity index (χ0) is 29.5.